The van der Waals surface area contributed by atoms with E-state index in [0.717, 1.165) is 13.0 Å². The summed E-state index contributed by atoms with van der Waals surface area (Å²) < 4.78 is 0. The van der Waals surface area contributed by atoms with Gasteiger partial charge < -0.3 is 10.4 Å². The molecule has 2 aromatic rings. The van der Waals surface area contributed by atoms with E-state index in [-0.39, 0.29) is 11.8 Å². The molecule has 1 aliphatic rings. The van der Waals surface area contributed by atoms with E-state index in [0.29, 0.717) is 18.4 Å². The highest BCUT2D eigenvalue weighted by Crippen LogP contribution is 2.19. The van der Waals surface area contributed by atoms with Crippen LogP contribution in [0.2, 0.25) is 0 Å². The van der Waals surface area contributed by atoms with Gasteiger partial charge in [0.2, 0.25) is 0 Å². The van der Waals surface area contributed by atoms with Crippen LogP contribution in [0, 0.1) is 0 Å². The molecule has 0 bridgehead atoms. The van der Waals surface area contributed by atoms with E-state index in [9.17, 15) is 9.90 Å². The Morgan fingerprint density at radius 3 is 2.86 bits per heavy atom. The van der Waals surface area contributed by atoms with E-state index in [1.54, 1.807) is 24.5 Å². The molecule has 0 aliphatic carbocycles. The predicted octanol–water partition coefficient (Wildman–Crippen LogP) is 2.12. The molecule has 114 valence electrons. The molecular formula is C18H20N2O2. The summed E-state index contributed by atoms with van der Waals surface area (Å²) in [6.07, 6.45) is 4.31. The molecule has 1 aliphatic heterocycles. The normalized spacial score (nSPS) is 18.5. The molecule has 1 aromatic carbocycles. The van der Waals surface area contributed by atoms with Crippen LogP contribution in [0.15, 0.2) is 48.8 Å². The highest BCUT2D eigenvalue weighted by atomic mass is 16.3. The number of Topliss-reactive ketones (excluding diaryl/α,β-unsaturated/α-hetero) is 1. The van der Waals surface area contributed by atoms with Gasteiger partial charge in [-0.1, -0.05) is 24.3 Å². The number of hydrogen-bond acceptors (Lipinski definition) is 4. The monoisotopic (exact) mass is 296 g/mol. The summed E-state index contributed by atoms with van der Waals surface area (Å²) in [4.78, 5) is 16.0. The number of aliphatic hydroxyl groups is 1. The first-order valence-corrected chi connectivity index (χ1v) is 7.65. The number of aromatic nitrogens is 1. The van der Waals surface area contributed by atoms with E-state index in [2.05, 4.69) is 22.4 Å². The third-order valence-electron chi connectivity index (χ3n) is 4.23. The lowest BCUT2D eigenvalue weighted by Gasteiger charge is -2.29. The highest BCUT2D eigenvalue weighted by Gasteiger charge is 2.24. The largest absolute Gasteiger partial charge is 0.391 e. The molecule has 0 spiro atoms. The number of carbonyl (C=O) groups is 1. The van der Waals surface area contributed by atoms with Crippen molar-refractivity contribution in [2.45, 2.75) is 38.0 Å². The summed E-state index contributed by atoms with van der Waals surface area (Å²) in [7, 11) is 0. The SMILES string of the molecule is O=C(CC[C@@H](O)[C@@H]1Cc2ccccc2CN1)c1cccnc1. The van der Waals surface area contributed by atoms with Crippen molar-refractivity contribution in [1.82, 2.24) is 10.3 Å². The van der Waals surface area contributed by atoms with Crippen molar-refractivity contribution in [2.75, 3.05) is 0 Å². The van der Waals surface area contributed by atoms with Gasteiger partial charge in [0.05, 0.1) is 6.10 Å². The van der Waals surface area contributed by atoms with Crippen LogP contribution in [0.25, 0.3) is 0 Å². The Labute approximate surface area is 130 Å². The van der Waals surface area contributed by atoms with Crippen molar-refractivity contribution in [1.29, 1.82) is 0 Å². The van der Waals surface area contributed by atoms with Gasteiger partial charge in [-0.15, -0.1) is 0 Å². The van der Waals surface area contributed by atoms with Gasteiger partial charge >= 0.3 is 0 Å². The summed E-state index contributed by atoms with van der Waals surface area (Å²) >= 11 is 0. The summed E-state index contributed by atoms with van der Waals surface area (Å²) in [5.41, 5.74) is 3.18. The fourth-order valence-electron chi connectivity index (χ4n) is 2.90. The van der Waals surface area contributed by atoms with Gasteiger partial charge in [-0.3, -0.25) is 9.78 Å². The second-order valence-electron chi connectivity index (χ2n) is 5.73. The Balaban J connectivity index is 1.55. The third-order valence-corrected chi connectivity index (χ3v) is 4.23. The minimum absolute atomic E-state index is 0.0107. The minimum Gasteiger partial charge on any atom is -0.391 e. The molecule has 0 radical (unpaired) electrons. The maximum absolute atomic E-state index is 12.1. The molecule has 0 saturated heterocycles. The maximum atomic E-state index is 12.1. The van der Waals surface area contributed by atoms with Gasteiger partial charge in [0.1, 0.15) is 0 Å². The van der Waals surface area contributed by atoms with Crippen molar-refractivity contribution in [3.8, 4) is 0 Å². The van der Waals surface area contributed by atoms with Gasteiger partial charge in [-0.25, -0.2) is 0 Å². The lowest BCUT2D eigenvalue weighted by molar-refractivity contribution is 0.0877. The Kier molecular flexibility index (Phi) is 4.61. The zero-order valence-electron chi connectivity index (χ0n) is 12.4. The van der Waals surface area contributed by atoms with E-state index in [4.69, 9.17) is 0 Å². The predicted molar refractivity (Wildman–Crippen MR) is 84.6 cm³/mol. The van der Waals surface area contributed by atoms with Gasteiger partial charge in [-0.2, -0.15) is 0 Å². The number of carbonyl (C=O) groups excluding carboxylic acids is 1. The van der Waals surface area contributed by atoms with Crippen LogP contribution >= 0.6 is 0 Å². The fraction of sp³-hybridized carbons (Fsp3) is 0.333. The van der Waals surface area contributed by atoms with E-state index in [1.807, 2.05) is 12.1 Å². The Hall–Kier alpha value is -2.04. The zero-order valence-corrected chi connectivity index (χ0v) is 12.4. The van der Waals surface area contributed by atoms with E-state index >= 15 is 0 Å². The number of rotatable bonds is 5. The van der Waals surface area contributed by atoms with Crippen molar-refractivity contribution in [3.05, 3.63) is 65.5 Å². The topological polar surface area (TPSA) is 62.2 Å². The average molecular weight is 296 g/mol. The smallest absolute Gasteiger partial charge is 0.164 e. The molecule has 2 N–H and O–H groups in total. The lowest BCUT2D eigenvalue weighted by atomic mass is 9.91. The molecule has 0 fully saturated rings. The molecular weight excluding hydrogens is 276 g/mol. The number of hydrogen-bond donors (Lipinski definition) is 2. The average Bonchev–Trinajstić information content (AvgIpc) is 2.59. The van der Waals surface area contributed by atoms with Crippen LogP contribution in [-0.2, 0) is 13.0 Å². The van der Waals surface area contributed by atoms with Gasteiger partial charge in [0.25, 0.3) is 0 Å². The van der Waals surface area contributed by atoms with E-state index < -0.39 is 6.10 Å². The Morgan fingerprint density at radius 1 is 1.27 bits per heavy atom. The first-order chi connectivity index (χ1) is 10.7. The summed E-state index contributed by atoms with van der Waals surface area (Å²) in [6, 6.07) is 11.8. The number of fused-ring (bicyclic) bond motifs is 1. The zero-order chi connectivity index (χ0) is 15.4. The molecule has 1 aromatic heterocycles. The fourth-order valence-corrected chi connectivity index (χ4v) is 2.90. The molecule has 2 heterocycles. The van der Waals surface area contributed by atoms with Gasteiger partial charge in [0.15, 0.2) is 5.78 Å². The van der Waals surface area contributed by atoms with Crippen molar-refractivity contribution in [3.63, 3.8) is 0 Å². The van der Waals surface area contributed by atoms with Crippen LogP contribution in [0.3, 0.4) is 0 Å². The van der Waals surface area contributed by atoms with Crippen LogP contribution in [0.5, 0.6) is 0 Å². The molecule has 4 heteroatoms. The molecule has 0 unspecified atom stereocenters. The third kappa shape index (κ3) is 3.40. The minimum atomic E-state index is -0.519. The van der Waals surface area contributed by atoms with E-state index in [1.165, 1.54) is 11.1 Å². The number of benzene rings is 1. The summed E-state index contributed by atoms with van der Waals surface area (Å²) in [5.74, 6) is 0.0309. The number of aliphatic hydroxyl groups excluding tert-OH is 1. The van der Waals surface area contributed by atoms with Gasteiger partial charge in [-0.05, 0) is 36.1 Å². The first-order valence-electron chi connectivity index (χ1n) is 7.65. The van der Waals surface area contributed by atoms with Crippen LogP contribution in [0.1, 0.15) is 34.3 Å². The number of pyridine rings is 1. The van der Waals surface area contributed by atoms with Crippen molar-refractivity contribution in [2.24, 2.45) is 0 Å². The van der Waals surface area contributed by atoms with Crippen LogP contribution in [-0.4, -0.2) is 28.0 Å². The highest BCUT2D eigenvalue weighted by molar-refractivity contribution is 5.95. The number of nitrogens with zero attached hydrogens (tertiary/aromatic N) is 1. The van der Waals surface area contributed by atoms with Crippen molar-refractivity contribution < 1.29 is 9.90 Å². The first kappa shape index (κ1) is 14.9. The summed E-state index contributed by atoms with van der Waals surface area (Å²) in [6.45, 7) is 0.772. The molecule has 4 nitrogen and oxygen atoms in total. The van der Waals surface area contributed by atoms with Crippen molar-refractivity contribution >= 4 is 5.78 Å². The quantitative estimate of drug-likeness (QED) is 0.830. The lowest BCUT2D eigenvalue weighted by Crippen LogP contribution is -2.44. The second-order valence-corrected chi connectivity index (χ2v) is 5.73. The Bertz CT molecular complexity index is 643. The molecule has 2 atom stereocenters. The standard InChI is InChI=1S/C18H20N2O2/c21-17(15-6-3-9-19-11-15)7-8-18(22)16-10-13-4-1-2-5-14(13)12-20-16/h1-6,9,11,16,18,20,22H,7-8,10,12H2/t16-,18+/m0/s1. The maximum Gasteiger partial charge on any atom is 0.164 e. The Morgan fingerprint density at radius 2 is 2.09 bits per heavy atom. The summed E-state index contributed by atoms with van der Waals surface area (Å²) in [5, 5.41) is 13.7. The van der Waals surface area contributed by atoms with Crippen LogP contribution < -0.4 is 5.32 Å². The molecule has 0 saturated carbocycles. The van der Waals surface area contributed by atoms with Crippen LogP contribution in [0.4, 0.5) is 0 Å². The second kappa shape index (κ2) is 6.81. The number of nitrogens with one attached hydrogen (secondary N) is 1. The molecule has 22 heavy (non-hydrogen) atoms. The number of ketones is 1. The van der Waals surface area contributed by atoms with Gasteiger partial charge in [0, 0.05) is 37.0 Å². The molecule has 3 rings (SSSR count). The molecule has 0 amide bonds.